The van der Waals surface area contributed by atoms with E-state index in [9.17, 15) is 0 Å². The number of hydrogen-bond donors (Lipinski definition) is 1. The number of anilines is 1. The van der Waals surface area contributed by atoms with E-state index in [2.05, 4.69) is 29.4 Å². The molecule has 96 valence electrons. The summed E-state index contributed by atoms with van der Waals surface area (Å²) < 4.78 is 5.66. The summed E-state index contributed by atoms with van der Waals surface area (Å²) >= 11 is 1.66. The van der Waals surface area contributed by atoms with Crippen LogP contribution in [0.2, 0.25) is 0 Å². The maximum Gasteiger partial charge on any atom is 0.120 e. The second kappa shape index (κ2) is 5.87. The van der Waals surface area contributed by atoms with Crippen molar-refractivity contribution in [3.05, 3.63) is 40.3 Å². The van der Waals surface area contributed by atoms with Crippen molar-refractivity contribution in [1.82, 2.24) is 4.98 Å². The van der Waals surface area contributed by atoms with E-state index in [1.807, 2.05) is 31.5 Å². The highest BCUT2D eigenvalue weighted by atomic mass is 32.1. The molecule has 0 saturated heterocycles. The Morgan fingerprint density at radius 2 is 2.22 bits per heavy atom. The minimum atomic E-state index is 0.207. The van der Waals surface area contributed by atoms with Crippen molar-refractivity contribution < 1.29 is 4.74 Å². The summed E-state index contributed by atoms with van der Waals surface area (Å²) in [5.74, 6) is 0.919. The lowest BCUT2D eigenvalue weighted by atomic mass is 10.2. The van der Waals surface area contributed by atoms with Crippen molar-refractivity contribution >= 4 is 17.0 Å². The Hall–Kier alpha value is -1.55. The average molecular weight is 262 g/mol. The minimum Gasteiger partial charge on any atom is -0.491 e. The fourth-order valence-corrected chi connectivity index (χ4v) is 2.25. The Labute approximate surface area is 112 Å². The van der Waals surface area contributed by atoms with Gasteiger partial charge in [-0.2, -0.15) is 0 Å². The summed E-state index contributed by atoms with van der Waals surface area (Å²) in [5.41, 5.74) is 2.31. The highest BCUT2D eigenvalue weighted by Crippen LogP contribution is 2.22. The summed E-state index contributed by atoms with van der Waals surface area (Å²) in [4.78, 5) is 4.25. The van der Waals surface area contributed by atoms with E-state index in [4.69, 9.17) is 4.74 Å². The van der Waals surface area contributed by atoms with Crippen LogP contribution >= 0.6 is 11.3 Å². The van der Waals surface area contributed by atoms with Gasteiger partial charge in [-0.05, 0) is 44.5 Å². The smallest absolute Gasteiger partial charge is 0.120 e. The first kappa shape index (κ1) is 12.9. The van der Waals surface area contributed by atoms with Crippen molar-refractivity contribution in [2.45, 2.75) is 33.4 Å². The predicted octanol–water partition coefficient (Wildman–Crippen LogP) is 3.85. The zero-order valence-electron chi connectivity index (χ0n) is 10.9. The van der Waals surface area contributed by atoms with Crippen LogP contribution in [0.25, 0.3) is 0 Å². The molecule has 1 heterocycles. The van der Waals surface area contributed by atoms with E-state index in [0.717, 1.165) is 23.0 Å². The van der Waals surface area contributed by atoms with Crippen molar-refractivity contribution in [3.63, 3.8) is 0 Å². The SMILES string of the molecule is Cc1cc(OC(C)C)ccc1NCc1nccs1. The first-order valence-electron chi connectivity index (χ1n) is 6.04. The molecule has 0 radical (unpaired) electrons. The predicted molar refractivity (Wildman–Crippen MR) is 76.4 cm³/mol. The van der Waals surface area contributed by atoms with Gasteiger partial charge < -0.3 is 10.1 Å². The van der Waals surface area contributed by atoms with Gasteiger partial charge in [0.1, 0.15) is 10.8 Å². The van der Waals surface area contributed by atoms with Crippen LogP contribution in [0, 0.1) is 6.92 Å². The van der Waals surface area contributed by atoms with Gasteiger partial charge in [0.2, 0.25) is 0 Å². The Morgan fingerprint density at radius 3 is 2.83 bits per heavy atom. The van der Waals surface area contributed by atoms with Gasteiger partial charge >= 0.3 is 0 Å². The number of nitrogens with one attached hydrogen (secondary N) is 1. The molecular weight excluding hydrogens is 244 g/mol. The van der Waals surface area contributed by atoms with Crippen molar-refractivity contribution in [3.8, 4) is 5.75 Å². The van der Waals surface area contributed by atoms with Crippen molar-refractivity contribution in [2.24, 2.45) is 0 Å². The Balaban J connectivity index is 2.01. The van der Waals surface area contributed by atoms with Gasteiger partial charge in [-0.3, -0.25) is 0 Å². The fraction of sp³-hybridized carbons (Fsp3) is 0.357. The summed E-state index contributed by atoms with van der Waals surface area (Å²) in [6.45, 7) is 6.91. The van der Waals surface area contributed by atoms with E-state index >= 15 is 0 Å². The highest BCUT2D eigenvalue weighted by molar-refractivity contribution is 7.09. The number of benzene rings is 1. The largest absolute Gasteiger partial charge is 0.491 e. The lowest BCUT2D eigenvalue weighted by molar-refractivity contribution is 0.242. The van der Waals surface area contributed by atoms with Gasteiger partial charge in [0.25, 0.3) is 0 Å². The number of aryl methyl sites for hydroxylation is 1. The van der Waals surface area contributed by atoms with E-state index in [-0.39, 0.29) is 6.10 Å². The van der Waals surface area contributed by atoms with Crippen LogP contribution in [-0.4, -0.2) is 11.1 Å². The lowest BCUT2D eigenvalue weighted by Crippen LogP contribution is -2.06. The van der Waals surface area contributed by atoms with Gasteiger partial charge in [0.15, 0.2) is 0 Å². The van der Waals surface area contributed by atoms with Crippen LogP contribution in [0.4, 0.5) is 5.69 Å². The minimum absolute atomic E-state index is 0.207. The molecule has 0 aliphatic carbocycles. The van der Waals surface area contributed by atoms with Crippen molar-refractivity contribution in [2.75, 3.05) is 5.32 Å². The number of aromatic nitrogens is 1. The van der Waals surface area contributed by atoms with Crippen LogP contribution in [-0.2, 0) is 6.54 Å². The quantitative estimate of drug-likeness (QED) is 0.888. The standard InChI is InChI=1S/C14H18N2OS/c1-10(2)17-12-4-5-13(11(3)8-12)16-9-14-15-6-7-18-14/h4-8,10,16H,9H2,1-3H3. The lowest BCUT2D eigenvalue weighted by Gasteiger charge is -2.13. The molecule has 0 aliphatic heterocycles. The van der Waals surface area contributed by atoms with E-state index in [1.54, 1.807) is 11.3 Å². The van der Waals surface area contributed by atoms with E-state index in [0.29, 0.717) is 0 Å². The van der Waals surface area contributed by atoms with Crippen LogP contribution in [0.5, 0.6) is 5.75 Å². The number of hydrogen-bond acceptors (Lipinski definition) is 4. The van der Waals surface area contributed by atoms with Gasteiger partial charge in [-0.1, -0.05) is 0 Å². The molecule has 0 aliphatic rings. The van der Waals surface area contributed by atoms with Crippen molar-refractivity contribution in [1.29, 1.82) is 0 Å². The molecule has 0 unspecified atom stereocenters. The molecule has 1 N–H and O–H groups in total. The van der Waals surface area contributed by atoms with Crippen LogP contribution in [0.1, 0.15) is 24.4 Å². The fourth-order valence-electron chi connectivity index (χ4n) is 1.69. The first-order valence-corrected chi connectivity index (χ1v) is 6.92. The number of ether oxygens (including phenoxy) is 1. The van der Waals surface area contributed by atoms with E-state index in [1.165, 1.54) is 5.56 Å². The molecule has 3 nitrogen and oxygen atoms in total. The summed E-state index contributed by atoms with van der Waals surface area (Å²) in [7, 11) is 0. The summed E-state index contributed by atoms with van der Waals surface area (Å²) in [6, 6.07) is 6.11. The number of rotatable bonds is 5. The van der Waals surface area contributed by atoms with E-state index < -0.39 is 0 Å². The highest BCUT2D eigenvalue weighted by Gasteiger charge is 2.03. The second-order valence-corrected chi connectivity index (χ2v) is 5.40. The molecule has 2 aromatic rings. The molecule has 0 atom stereocenters. The van der Waals surface area contributed by atoms with Gasteiger partial charge in [0.05, 0.1) is 12.6 Å². The molecule has 0 amide bonds. The third kappa shape index (κ3) is 3.47. The zero-order valence-corrected chi connectivity index (χ0v) is 11.8. The maximum atomic E-state index is 5.66. The summed E-state index contributed by atoms with van der Waals surface area (Å²) in [6.07, 6.45) is 2.03. The molecule has 4 heteroatoms. The summed E-state index contributed by atoms with van der Waals surface area (Å²) in [5, 5.41) is 6.47. The van der Waals surface area contributed by atoms with Crippen LogP contribution < -0.4 is 10.1 Å². The third-order valence-electron chi connectivity index (χ3n) is 2.48. The normalized spacial score (nSPS) is 10.7. The zero-order chi connectivity index (χ0) is 13.0. The van der Waals surface area contributed by atoms with Crippen LogP contribution in [0.15, 0.2) is 29.8 Å². The molecule has 0 saturated carbocycles. The molecule has 0 bridgehead atoms. The second-order valence-electron chi connectivity index (χ2n) is 4.42. The first-order chi connectivity index (χ1) is 8.65. The average Bonchev–Trinajstić information content (AvgIpc) is 2.80. The Kier molecular flexibility index (Phi) is 4.20. The van der Waals surface area contributed by atoms with Crippen LogP contribution in [0.3, 0.4) is 0 Å². The number of thiazole rings is 1. The molecule has 0 spiro atoms. The molecule has 1 aromatic carbocycles. The van der Waals surface area contributed by atoms with Gasteiger partial charge in [-0.15, -0.1) is 11.3 Å². The topological polar surface area (TPSA) is 34.1 Å². The monoisotopic (exact) mass is 262 g/mol. The Morgan fingerprint density at radius 1 is 1.39 bits per heavy atom. The van der Waals surface area contributed by atoms with Gasteiger partial charge in [-0.25, -0.2) is 4.98 Å². The molecule has 1 aromatic heterocycles. The maximum absolute atomic E-state index is 5.66. The third-order valence-corrected chi connectivity index (χ3v) is 3.26. The molecular formula is C14H18N2OS. The molecule has 0 fully saturated rings. The molecule has 18 heavy (non-hydrogen) atoms. The molecule has 2 rings (SSSR count). The number of nitrogens with zero attached hydrogens (tertiary/aromatic N) is 1. The Bertz CT molecular complexity index is 495. The van der Waals surface area contributed by atoms with Gasteiger partial charge in [0, 0.05) is 17.3 Å².